The molecule has 2 heterocycles. The van der Waals surface area contributed by atoms with Gasteiger partial charge < -0.3 is 0 Å². The fourth-order valence-corrected chi connectivity index (χ4v) is 3.99. The number of aromatic nitrogens is 4. The summed E-state index contributed by atoms with van der Waals surface area (Å²) in [6, 6.07) is 6.32. The molecule has 3 rings (SSSR count). The lowest BCUT2D eigenvalue weighted by atomic mass is 9.86. The van der Waals surface area contributed by atoms with Gasteiger partial charge in [0.2, 0.25) is 0 Å². The maximum atomic E-state index is 14.3. The Hall–Kier alpha value is -2.60. The number of nitrogens with zero attached hydrogens (tertiary/aromatic N) is 5. The minimum absolute atomic E-state index is 0.219. The number of hydrogen-bond donors (Lipinski definition) is 0. The van der Waals surface area contributed by atoms with Crippen molar-refractivity contribution in [3.05, 3.63) is 59.2 Å². The van der Waals surface area contributed by atoms with E-state index in [9.17, 15) is 4.48 Å². The first-order valence-electron chi connectivity index (χ1n) is 10.3. The smallest absolute Gasteiger partial charge is 0.170 e. The van der Waals surface area contributed by atoms with E-state index in [2.05, 4.69) is 61.9 Å². The Morgan fingerprint density at radius 2 is 1.70 bits per heavy atom. The molecule has 0 aliphatic heterocycles. The van der Waals surface area contributed by atoms with Crippen LogP contribution in [0.1, 0.15) is 56.9 Å². The predicted molar refractivity (Wildman–Crippen MR) is 119 cm³/mol. The van der Waals surface area contributed by atoms with Gasteiger partial charge in [-0.25, -0.2) is 0 Å². The van der Waals surface area contributed by atoms with E-state index in [0.29, 0.717) is 10.9 Å². The van der Waals surface area contributed by atoms with Gasteiger partial charge in [-0.1, -0.05) is 32.9 Å². The average molecular weight is 410 g/mol. The van der Waals surface area contributed by atoms with Crippen molar-refractivity contribution in [3.63, 3.8) is 0 Å². The van der Waals surface area contributed by atoms with Crippen molar-refractivity contribution < 1.29 is 4.48 Å². The zero-order chi connectivity index (χ0) is 22.3. The molecule has 5 nitrogen and oxygen atoms in total. The molecule has 0 radical (unpaired) electrons. The van der Waals surface area contributed by atoms with Gasteiger partial charge in [0.25, 0.3) is 0 Å². The van der Waals surface area contributed by atoms with Gasteiger partial charge >= 0.3 is 0 Å². The lowest BCUT2D eigenvalue weighted by Crippen LogP contribution is -2.33. The number of halogens is 1. The molecule has 0 amide bonds. The van der Waals surface area contributed by atoms with Gasteiger partial charge in [-0.2, -0.15) is 0 Å². The zero-order valence-corrected chi connectivity index (χ0v) is 19.3. The number of benzene rings is 1. The van der Waals surface area contributed by atoms with Crippen LogP contribution in [-0.2, 0) is 12.0 Å². The molecule has 0 spiro atoms. The minimum Gasteiger partial charge on any atom is -0.281 e. The summed E-state index contributed by atoms with van der Waals surface area (Å²) < 4.78 is 16.3. The maximum absolute atomic E-state index is 14.3. The van der Waals surface area contributed by atoms with Crippen LogP contribution in [0.5, 0.6) is 0 Å². The van der Waals surface area contributed by atoms with Crippen LogP contribution in [0.25, 0.3) is 17.1 Å². The Balaban J connectivity index is 2.15. The van der Waals surface area contributed by atoms with Crippen LogP contribution < -0.4 is 0 Å². The lowest BCUT2D eigenvalue weighted by Gasteiger charge is -2.30. The van der Waals surface area contributed by atoms with Crippen LogP contribution in [-0.4, -0.2) is 31.9 Å². The average Bonchev–Trinajstić information content (AvgIpc) is 3.08. The summed E-state index contributed by atoms with van der Waals surface area (Å²) in [5, 5.41) is 9.29. The molecule has 0 saturated carbocycles. The lowest BCUT2D eigenvalue weighted by molar-refractivity contribution is -0.0438. The quantitative estimate of drug-likeness (QED) is 0.516. The van der Waals surface area contributed by atoms with E-state index in [1.54, 1.807) is 18.7 Å². The van der Waals surface area contributed by atoms with E-state index >= 15 is 0 Å². The number of pyridine rings is 1. The third-order valence-corrected chi connectivity index (χ3v) is 5.57. The van der Waals surface area contributed by atoms with Crippen LogP contribution in [0.4, 0.5) is 4.48 Å². The van der Waals surface area contributed by atoms with E-state index < -0.39 is 5.54 Å². The molecule has 3 aromatic rings. The van der Waals surface area contributed by atoms with Crippen LogP contribution in [0.15, 0.2) is 36.9 Å². The van der Waals surface area contributed by atoms with Gasteiger partial charge in [0, 0.05) is 25.0 Å². The molecule has 0 aliphatic carbocycles. The molecular formula is C24H32FN5. The van der Waals surface area contributed by atoms with Gasteiger partial charge in [0.05, 0.1) is 11.2 Å². The SMILES string of the molecule is Cc1cc(CC(C)(C)C)cc(C)c1-n1cnnc1-c1cnccc1C(C)(C)N(C)F. The summed E-state index contributed by atoms with van der Waals surface area (Å²) in [5.74, 6) is 0.655. The highest BCUT2D eigenvalue weighted by atomic mass is 19.2. The highest BCUT2D eigenvalue weighted by molar-refractivity contribution is 5.64. The van der Waals surface area contributed by atoms with Crippen molar-refractivity contribution in [3.8, 4) is 17.1 Å². The topological polar surface area (TPSA) is 46.8 Å². The molecule has 0 aliphatic rings. The Bertz CT molecular complexity index is 1020. The third kappa shape index (κ3) is 4.29. The summed E-state index contributed by atoms with van der Waals surface area (Å²) in [6.07, 6.45) is 6.15. The molecule has 0 bridgehead atoms. The molecule has 2 aromatic heterocycles. The zero-order valence-electron chi connectivity index (χ0n) is 19.3. The summed E-state index contributed by atoms with van der Waals surface area (Å²) in [5.41, 5.74) is 5.63. The standard InChI is InChI=1S/C24H32FN5/c1-16-11-18(13-23(3,4)5)12-17(2)21(16)30-15-27-28-22(30)19-14-26-10-9-20(19)24(6,7)29(8)25/h9-12,14-15H,13H2,1-8H3. The van der Waals surface area contributed by atoms with Crippen molar-refractivity contribution in [2.75, 3.05) is 7.05 Å². The molecular weight excluding hydrogens is 377 g/mol. The molecule has 6 heteroatoms. The van der Waals surface area contributed by atoms with Crippen LogP contribution >= 0.6 is 0 Å². The number of rotatable bonds is 5. The van der Waals surface area contributed by atoms with E-state index in [4.69, 9.17) is 0 Å². The highest BCUT2D eigenvalue weighted by Crippen LogP contribution is 2.35. The van der Waals surface area contributed by atoms with Crippen molar-refractivity contribution in [2.24, 2.45) is 5.41 Å². The van der Waals surface area contributed by atoms with Crippen molar-refractivity contribution >= 4 is 0 Å². The molecule has 1 aromatic carbocycles. The van der Waals surface area contributed by atoms with E-state index in [-0.39, 0.29) is 5.41 Å². The van der Waals surface area contributed by atoms with Crippen molar-refractivity contribution in [2.45, 2.75) is 60.4 Å². The maximum Gasteiger partial charge on any atom is 0.170 e. The Kier molecular flexibility index (Phi) is 5.83. The summed E-state index contributed by atoms with van der Waals surface area (Å²) in [7, 11) is 1.43. The van der Waals surface area contributed by atoms with Crippen molar-refractivity contribution in [1.29, 1.82) is 0 Å². The Morgan fingerprint density at radius 1 is 1.07 bits per heavy atom. The predicted octanol–water partition coefficient (Wildman–Crippen LogP) is 5.59. The Labute approximate surface area is 178 Å². The second-order valence-electron chi connectivity index (χ2n) is 9.80. The fraction of sp³-hybridized carbons (Fsp3) is 0.458. The van der Waals surface area contributed by atoms with Crippen LogP contribution in [0.2, 0.25) is 0 Å². The molecule has 160 valence electrons. The molecule has 0 saturated heterocycles. The second kappa shape index (κ2) is 7.91. The van der Waals surface area contributed by atoms with Gasteiger partial charge in [-0.05, 0) is 67.9 Å². The van der Waals surface area contributed by atoms with Crippen molar-refractivity contribution in [1.82, 2.24) is 24.9 Å². The summed E-state index contributed by atoms with van der Waals surface area (Å²) in [4.78, 5) is 4.29. The van der Waals surface area contributed by atoms with Gasteiger partial charge in [0.1, 0.15) is 6.33 Å². The highest BCUT2D eigenvalue weighted by Gasteiger charge is 2.31. The van der Waals surface area contributed by atoms with Crippen LogP contribution in [0.3, 0.4) is 0 Å². The van der Waals surface area contributed by atoms with E-state index in [1.807, 2.05) is 24.5 Å². The van der Waals surface area contributed by atoms with Gasteiger partial charge in [0.15, 0.2) is 5.82 Å². The molecule has 0 atom stereocenters. The summed E-state index contributed by atoms with van der Waals surface area (Å²) >= 11 is 0. The number of hydrogen-bond acceptors (Lipinski definition) is 4. The largest absolute Gasteiger partial charge is 0.281 e. The van der Waals surface area contributed by atoms with E-state index in [1.165, 1.54) is 12.6 Å². The first kappa shape index (κ1) is 22.1. The van der Waals surface area contributed by atoms with Gasteiger partial charge in [-0.3, -0.25) is 9.55 Å². The molecule has 30 heavy (non-hydrogen) atoms. The van der Waals surface area contributed by atoms with Gasteiger partial charge in [-0.15, -0.1) is 19.8 Å². The molecule has 0 fully saturated rings. The molecule has 0 N–H and O–H groups in total. The van der Waals surface area contributed by atoms with E-state index in [0.717, 1.165) is 34.4 Å². The summed E-state index contributed by atoms with van der Waals surface area (Å²) in [6.45, 7) is 14.6. The minimum atomic E-state index is -0.838. The third-order valence-electron chi connectivity index (χ3n) is 5.57. The first-order chi connectivity index (χ1) is 13.9. The fourth-order valence-electron chi connectivity index (χ4n) is 3.99. The normalized spacial score (nSPS) is 12.6. The number of aryl methyl sites for hydroxylation is 2. The Morgan fingerprint density at radius 3 is 2.27 bits per heavy atom. The van der Waals surface area contributed by atoms with Crippen LogP contribution in [0, 0.1) is 19.3 Å². The first-order valence-corrected chi connectivity index (χ1v) is 10.3. The monoisotopic (exact) mass is 409 g/mol. The molecule has 0 unspecified atom stereocenters. The second-order valence-corrected chi connectivity index (χ2v) is 9.80.